The number of rotatable bonds is 5. The molecule has 0 radical (unpaired) electrons. The molecule has 0 unspecified atom stereocenters. The first kappa shape index (κ1) is 20.1. The summed E-state index contributed by atoms with van der Waals surface area (Å²) in [6.07, 6.45) is -4.77. The number of aromatic nitrogens is 2. The fraction of sp³-hybridized carbons (Fsp3) is 0.167. The van der Waals surface area contributed by atoms with Gasteiger partial charge in [-0.05, 0) is 42.3 Å². The van der Waals surface area contributed by atoms with Crippen LogP contribution >= 0.6 is 0 Å². The summed E-state index contributed by atoms with van der Waals surface area (Å²) in [7, 11) is 0. The van der Waals surface area contributed by atoms with Crippen LogP contribution in [0.25, 0.3) is 11.1 Å². The highest BCUT2D eigenvalue weighted by Gasteiger charge is 2.31. The maximum atomic E-state index is 12.7. The van der Waals surface area contributed by atoms with E-state index in [0.29, 0.717) is 17.0 Å². The van der Waals surface area contributed by atoms with Crippen molar-refractivity contribution < 1.29 is 27.2 Å². The van der Waals surface area contributed by atoms with E-state index >= 15 is 0 Å². The third-order valence-corrected chi connectivity index (χ3v) is 3.84. The Morgan fingerprint density at radius 2 is 1.83 bits per heavy atom. The zero-order valence-corrected chi connectivity index (χ0v) is 15.1. The van der Waals surface area contributed by atoms with Gasteiger partial charge >= 0.3 is 6.36 Å². The van der Waals surface area contributed by atoms with Crippen LogP contribution in [-0.4, -0.2) is 27.4 Å². The Bertz CT molecular complexity index is 1020. The van der Waals surface area contributed by atoms with E-state index in [1.54, 1.807) is 13.0 Å². The number of hydrogen-bond acceptors (Lipinski definition) is 7. The van der Waals surface area contributed by atoms with E-state index in [1.165, 1.54) is 36.4 Å². The molecule has 0 aliphatic carbocycles. The van der Waals surface area contributed by atoms with Crippen LogP contribution in [0, 0.1) is 6.92 Å². The van der Waals surface area contributed by atoms with Gasteiger partial charge in [0.05, 0.1) is 5.56 Å². The molecule has 29 heavy (non-hydrogen) atoms. The number of nitrogens with two attached hydrogens (primary N) is 2. The van der Waals surface area contributed by atoms with Gasteiger partial charge in [0.2, 0.25) is 5.89 Å². The number of nitrogens with zero attached hydrogens (tertiary/aromatic N) is 3. The number of carbonyl (C=O) groups is 1. The maximum Gasteiger partial charge on any atom is 0.573 e. The number of hydrazine groups is 1. The number of aryl methyl sites for hydroxylation is 1. The highest BCUT2D eigenvalue weighted by atomic mass is 19.4. The van der Waals surface area contributed by atoms with Gasteiger partial charge in [0.1, 0.15) is 12.3 Å². The molecule has 3 aromatic rings. The molecule has 4 N–H and O–H groups in total. The van der Waals surface area contributed by atoms with E-state index in [2.05, 4.69) is 14.9 Å². The van der Waals surface area contributed by atoms with Crippen molar-refractivity contribution in [3.05, 3.63) is 59.7 Å². The zero-order valence-electron chi connectivity index (χ0n) is 15.1. The van der Waals surface area contributed by atoms with Crippen LogP contribution in [0.2, 0.25) is 0 Å². The Morgan fingerprint density at radius 3 is 2.41 bits per heavy atom. The van der Waals surface area contributed by atoms with Crippen molar-refractivity contribution in [2.24, 2.45) is 5.84 Å². The van der Waals surface area contributed by atoms with Crippen molar-refractivity contribution in [1.82, 2.24) is 15.1 Å². The lowest BCUT2D eigenvalue weighted by atomic mass is 10.0. The number of carbonyl (C=O) groups excluding carboxylic acids is 1. The van der Waals surface area contributed by atoms with Crippen molar-refractivity contribution in [2.45, 2.75) is 19.8 Å². The Hall–Kier alpha value is -3.60. The molecule has 1 aromatic heterocycles. The topological polar surface area (TPSA) is 121 Å². The average Bonchev–Trinajstić information content (AvgIpc) is 3.05. The molecule has 1 heterocycles. The van der Waals surface area contributed by atoms with E-state index in [4.69, 9.17) is 16.1 Å². The summed E-state index contributed by atoms with van der Waals surface area (Å²) < 4.78 is 45.6. The van der Waals surface area contributed by atoms with Gasteiger partial charge in [-0.2, -0.15) is 4.98 Å². The molecular weight excluding hydrogens is 391 g/mol. The Kier molecular flexibility index (Phi) is 5.41. The summed E-state index contributed by atoms with van der Waals surface area (Å²) in [5, 5.41) is 4.50. The smallest absolute Gasteiger partial charge is 0.406 e. The lowest BCUT2D eigenvalue weighted by Gasteiger charge is -2.16. The predicted molar refractivity (Wildman–Crippen MR) is 96.1 cm³/mol. The molecule has 0 atom stereocenters. The highest BCUT2D eigenvalue weighted by molar-refractivity contribution is 6.00. The van der Waals surface area contributed by atoms with Gasteiger partial charge in [-0.1, -0.05) is 23.4 Å². The number of halogens is 3. The molecule has 152 valence electrons. The van der Waals surface area contributed by atoms with E-state index in [9.17, 15) is 18.0 Å². The summed E-state index contributed by atoms with van der Waals surface area (Å²) >= 11 is 0. The Balaban J connectivity index is 1.81. The minimum absolute atomic E-state index is 0.118. The third kappa shape index (κ3) is 5.02. The summed E-state index contributed by atoms with van der Waals surface area (Å²) in [6, 6.07) is 9.85. The summed E-state index contributed by atoms with van der Waals surface area (Å²) in [5.74, 6) is 5.43. The molecule has 0 fully saturated rings. The molecule has 3 rings (SSSR count). The number of ether oxygens (including phenoxy) is 1. The van der Waals surface area contributed by atoms with Crippen molar-refractivity contribution in [1.29, 1.82) is 0 Å². The van der Waals surface area contributed by atoms with Crippen LogP contribution < -0.4 is 16.3 Å². The number of benzene rings is 2. The van der Waals surface area contributed by atoms with Crippen molar-refractivity contribution in [2.75, 3.05) is 5.73 Å². The van der Waals surface area contributed by atoms with Crippen LogP contribution in [-0.2, 0) is 6.54 Å². The lowest BCUT2D eigenvalue weighted by molar-refractivity contribution is -0.274. The minimum atomic E-state index is -4.77. The molecule has 11 heteroatoms. The van der Waals surface area contributed by atoms with Crippen LogP contribution in [0.3, 0.4) is 0 Å². The number of anilines is 1. The third-order valence-electron chi connectivity index (χ3n) is 3.84. The molecule has 0 aliphatic heterocycles. The first-order valence-corrected chi connectivity index (χ1v) is 8.24. The molecule has 8 nitrogen and oxygen atoms in total. The van der Waals surface area contributed by atoms with Crippen LogP contribution in [0.1, 0.15) is 22.1 Å². The Labute approximate surface area is 162 Å². The van der Waals surface area contributed by atoms with E-state index in [0.717, 1.165) is 5.01 Å². The second-order valence-electron chi connectivity index (χ2n) is 6.04. The molecule has 0 saturated carbocycles. The van der Waals surface area contributed by atoms with Crippen molar-refractivity contribution in [3.63, 3.8) is 0 Å². The van der Waals surface area contributed by atoms with Gasteiger partial charge in [0, 0.05) is 5.69 Å². The number of amides is 1. The molecule has 1 amide bonds. The van der Waals surface area contributed by atoms with E-state index in [1.807, 2.05) is 0 Å². The van der Waals surface area contributed by atoms with Crippen LogP contribution in [0.15, 0.2) is 47.0 Å². The summed E-state index contributed by atoms with van der Waals surface area (Å²) in [5.41, 5.74) is 7.33. The van der Waals surface area contributed by atoms with Gasteiger partial charge < -0.3 is 15.0 Å². The average molecular weight is 407 g/mol. The first-order chi connectivity index (χ1) is 13.6. The zero-order chi connectivity index (χ0) is 21.2. The predicted octanol–water partition coefficient (Wildman–Crippen LogP) is 3.04. The quantitative estimate of drug-likeness (QED) is 0.289. The number of nitrogen functional groups attached to an aromatic ring is 1. The first-order valence-electron chi connectivity index (χ1n) is 8.24. The summed E-state index contributed by atoms with van der Waals surface area (Å²) in [4.78, 5) is 16.6. The van der Waals surface area contributed by atoms with Gasteiger partial charge in [0.25, 0.3) is 5.91 Å². The monoisotopic (exact) mass is 407 g/mol. The molecule has 2 aromatic carbocycles. The van der Waals surface area contributed by atoms with Gasteiger partial charge in [-0.25, -0.2) is 5.84 Å². The molecular formula is C18H16F3N5O3. The normalized spacial score (nSPS) is 11.3. The van der Waals surface area contributed by atoms with Crippen LogP contribution in [0.5, 0.6) is 5.75 Å². The Morgan fingerprint density at radius 1 is 1.17 bits per heavy atom. The largest absolute Gasteiger partial charge is 0.573 e. The SMILES string of the molecule is Cc1noc(CN(N)C(=O)c2cc(-c3ccc(OC(F)(F)F)cc3)ccc2N)n1. The van der Waals surface area contributed by atoms with E-state index in [-0.39, 0.29) is 29.4 Å². The standard InChI is InChI=1S/C18H16F3N5O3/c1-10-24-16(29-25-10)9-26(23)17(27)14-8-12(4-7-15(14)22)11-2-5-13(6-3-11)28-18(19,20)21/h2-8H,9,22-23H2,1H3. The second kappa shape index (κ2) is 7.80. The van der Waals surface area contributed by atoms with Gasteiger partial charge in [-0.15, -0.1) is 13.2 Å². The van der Waals surface area contributed by atoms with Crippen molar-refractivity contribution >= 4 is 11.6 Å². The second-order valence-corrected chi connectivity index (χ2v) is 6.04. The minimum Gasteiger partial charge on any atom is -0.406 e. The molecule has 0 saturated heterocycles. The molecule has 0 aliphatic rings. The molecule has 0 bridgehead atoms. The van der Waals surface area contributed by atoms with Crippen LogP contribution in [0.4, 0.5) is 18.9 Å². The van der Waals surface area contributed by atoms with Gasteiger partial charge in [0.15, 0.2) is 5.82 Å². The number of alkyl halides is 3. The van der Waals surface area contributed by atoms with E-state index < -0.39 is 12.3 Å². The lowest BCUT2D eigenvalue weighted by Crippen LogP contribution is -2.37. The number of hydrogen-bond donors (Lipinski definition) is 2. The fourth-order valence-corrected chi connectivity index (χ4v) is 2.55. The highest BCUT2D eigenvalue weighted by Crippen LogP contribution is 2.28. The fourth-order valence-electron chi connectivity index (χ4n) is 2.55. The maximum absolute atomic E-state index is 12.7. The molecule has 0 spiro atoms. The van der Waals surface area contributed by atoms with Gasteiger partial charge in [-0.3, -0.25) is 9.80 Å². The van der Waals surface area contributed by atoms with Crippen molar-refractivity contribution in [3.8, 4) is 16.9 Å². The summed E-state index contributed by atoms with van der Waals surface area (Å²) in [6.45, 7) is 1.51.